The van der Waals surface area contributed by atoms with Gasteiger partial charge in [-0.25, -0.2) is 0 Å². The number of hydrogen-bond acceptors (Lipinski definition) is 5. The molecule has 0 radical (unpaired) electrons. The topological polar surface area (TPSA) is 52.7 Å². The van der Waals surface area contributed by atoms with Gasteiger partial charge in [0, 0.05) is 0 Å². The molecule has 0 fully saturated rings. The number of carbonyl (C=O) groups is 1. The Bertz CT molecular complexity index is 978. The fraction of sp³-hybridized carbons (Fsp3) is 0.267. The first-order valence-electron chi connectivity index (χ1n) is 7.24. The molecule has 0 bridgehead atoms. The van der Waals surface area contributed by atoms with Crippen molar-refractivity contribution in [1.82, 2.24) is 19.6 Å². The Kier molecular flexibility index (Phi) is 4.14. The van der Waals surface area contributed by atoms with E-state index in [1.165, 1.54) is 0 Å². The summed E-state index contributed by atoms with van der Waals surface area (Å²) in [6.07, 6.45) is 3.61. The molecule has 2 atom stereocenters. The summed E-state index contributed by atoms with van der Waals surface area (Å²) in [5.74, 6) is 0.0784. The maximum atomic E-state index is 13.0. The molecule has 24 heavy (non-hydrogen) atoms. The van der Waals surface area contributed by atoms with E-state index in [9.17, 15) is 4.79 Å². The Balaban J connectivity index is 1.69. The lowest BCUT2D eigenvalue weighted by Gasteiger charge is -2.18. The maximum Gasteiger partial charge on any atom is 0.181 e. The van der Waals surface area contributed by atoms with Gasteiger partial charge in [0.1, 0.15) is 12.1 Å². The molecule has 0 aliphatic heterocycles. The highest BCUT2D eigenvalue weighted by atomic mass is 79.9. The SMILES string of the molecule is CC(C(=O)C(C)n1ncc2sc(Br)cc21)n1ncc2sc(Br)cc21. The lowest BCUT2D eigenvalue weighted by Crippen LogP contribution is -2.26. The average Bonchev–Trinajstić information content (AvgIpc) is 3.25. The third kappa shape index (κ3) is 2.58. The number of nitrogens with zero attached hydrogens (tertiary/aromatic N) is 4. The van der Waals surface area contributed by atoms with E-state index in [0.29, 0.717) is 0 Å². The van der Waals surface area contributed by atoms with Crippen LogP contribution >= 0.6 is 54.5 Å². The van der Waals surface area contributed by atoms with Gasteiger partial charge in [0.05, 0.1) is 40.4 Å². The van der Waals surface area contributed by atoms with E-state index in [2.05, 4.69) is 42.1 Å². The minimum atomic E-state index is -0.361. The summed E-state index contributed by atoms with van der Waals surface area (Å²) in [5.41, 5.74) is 1.95. The Morgan fingerprint density at radius 1 is 0.958 bits per heavy atom. The predicted octanol–water partition coefficient (Wildman–Crippen LogP) is 5.43. The Morgan fingerprint density at radius 2 is 1.38 bits per heavy atom. The van der Waals surface area contributed by atoms with E-state index < -0.39 is 0 Å². The van der Waals surface area contributed by atoms with E-state index >= 15 is 0 Å². The van der Waals surface area contributed by atoms with Crippen molar-refractivity contribution in [1.29, 1.82) is 0 Å². The van der Waals surface area contributed by atoms with Gasteiger partial charge in [-0.3, -0.25) is 14.2 Å². The van der Waals surface area contributed by atoms with Crippen molar-refractivity contribution < 1.29 is 4.79 Å². The molecule has 0 spiro atoms. The minimum Gasteiger partial charge on any atom is -0.295 e. The first kappa shape index (κ1) is 16.4. The summed E-state index contributed by atoms with van der Waals surface area (Å²) in [6, 6.07) is 3.29. The van der Waals surface area contributed by atoms with Crippen LogP contribution in [-0.2, 0) is 4.79 Å². The van der Waals surface area contributed by atoms with Gasteiger partial charge < -0.3 is 0 Å². The van der Waals surface area contributed by atoms with Crippen molar-refractivity contribution in [2.75, 3.05) is 0 Å². The van der Waals surface area contributed by atoms with E-state index in [0.717, 1.165) is 28.0 Å². The van der Waals surface area contributed by atoms with Gasteiger partial charge in [-0.15, -0.1) is 22.7 Å². The normalized spacial score (nSPS) is 14.5. The smallest absolute Gasteiger partial charge is 0.181 e. The van der Waals surface area contributed by atoms with Gasteiger partial charge in [-0.05, 0) is 57.8 Å². The highest BCUT2D eigenvalue weighted by Gasteiger charge is 2.27. The van der Waals surface area contributed by atoms with E-state index in [4.69, 9.17) is 0 Å². The fourth-order valence-corrected chi connectivity index (χ4v) is 5.79. The average molecular weight is 488 g/mol. The van der Waals surface area contributed by atoms with Crippen LogP contribution in [0.15, 0.2) is 32.1 Å². The van der Waals surface area contributed by atoms with Gasteiger partial charge >= 0.3 is 0 Å². The number of rotatable bonds is 4. The van der Waals surface area contributed by atoms with E-state index in [1.54, 1.807) is 44.4 Å². The minimum absolute atomic E-state index is 0.0784. The molecule has 5 nitrogen and oxygen atoms in total. The first-order chi connectivity index (χ1) is 11.5. The van der Waals surface area contributed by atoms with E-state index in [1.807, 2.05) is 26.0 Å². The van der Waals surface area contributed by atoms with Crippen LogP contribution in [0.1, 0.15) is 25.9 Å². The molecule has 4 heterocycles. The molecule has 0 amide bonds. The van der Waals surface area contributed by atoms with Crippen molar-refractivity contribution in [3.05, 3.63) is 32.1 Å². The second-order valence-electron chi connectivity index (χ2n) is 5.53. The van der Waals surface area contributed by atoms with Gasteiger partial charge in [0.2, 0.25) is 0 Å². The lowest BCUT2D eigenvalue weighted by molar-refractivity contribution is -0.124. The van der Waals surface area contributed by atoms with Crippen molar-refractivity contribution >= 4 is 80.7 Å². The number of halogens is 2. The molecule has 2 unspecified atom stereocenters. The molecule has 0 aliphatic rings. The highest BCUT2D eigenvalue weighted by molar-refractivity contribution is 9.11. The summed E-state index contributed by atoms with van der Waals surface area (Å²) in [5, 5.41) is 8.80. The number of hydrogen-bond donors (Lipinski definition) is 0. The van der Waals surface area contributed by atoms with Crippen LogP contribution in [0.3, 0.4) is 0 Å². The summed E-state index contributed by atoms with van der Waals surface area (Å²) in [7, 11) is 0. The van der Waals surface area contributed by atoms with Crippen LogP contribution in [0.4, 0.5) is 0 Å². The molecule has 124 valence electrons. The second-order valence-corrected chi connectivity index (χ2v) is 10.5. The number of carbonyl (C=O) groups excluding carboxylic acids is 1. The molecule has 0 aromatic carbocycles. The quantitative estimate of drug-likeness (QED) is 0.386. The molecule has 0 aliphatic carbocycles. The second kappa shape index (κ2) is 6.05. The van der Waals surface area contributed by atoms with Crippen LogP contribution in [0.2, 0.25) is 0 Å². The first-order valence-corrected chi connectivity index (χ1v) is 10.5. The summed E-state index contributed by atoms with van der Waals surface area (Å²) >= 11 is 10.2. The predicted molar refractivity (Wildman–Crippen MR) is 105 cm³/mol. The standard InChI is InChI=1S/C15H12Br2N4OS2/c1-7(20-9-3-13(16)23-11(9)5-18-20)15(22)8(2)21-10-4-14(17)24-12(10)6-19-21/h3-8H,1-2H3. The molecule has 4 aromatic rings. The zero-order valence-electron chi connectivity index (χ0n) is 12.7. The molecular weight excluding hydrogens is 476 g/mol. The number of aromatic nitrogens is 4. The lowest BCUT2D eigenvalue weighted by atomic mass is 10.1. The number of Topliss-reactive ketones (excluding diaryl/α,β-unsaturated/α-hetero) is 1. The van der Waals surface area contributed by atoms with Crippen molar-refractivity contribution in [2.45, 2.75) is 25.9 Å². The van der Waals surface area contributed by atoms with Gasteiger partial charge in [0.15, 0.2) is 5.78 Å². The highest BCUT2D eigenvalue weighted by Crippen LogP contribution is 2.33. The van der Waals surface area contributed by atoms with Crippen LogP contribution < -0.4 is 0 Å². The van der Waals surface area contributed by atoms with Gasteiger partial charge in [-0.2, -0.15) is 10.2 Å². The summed E-state index contributed by atoms with van der Waals surface area (Å²) in [4.78, 5) is 13.0. The maximum absolute atomic E-state index is 13.0. The molecule has 0 N–H and O–H groups in total. The van der Waals surface area contributed by atoms with Gasteiger partial charge in [0.25, 0.3) is 0 Å². The summed E-state index contributed by atoms with van der Waals surface area (Å²) in [6.45, 7) is 3.78. The number of fused-ring (bicyclic) bond motifs is 2. The number of thiophene rings is 2. The van der Waals surface area contributed by atoms with Crippen LogP contribution in [0.25, 0.3) is 20.4 Å². The fourth-order valence-electron chi connectivity index (χ4n) is 2.83. The largest absolute Gasteiger partial charge is 0.295 e. The van der Waals surface area contributed by atoms with Crippen LogP contribution in [0, 0.1) is 0 Å². The Morgan fingerprint density at radius 3 is 1.79 bits per heavy atom. The third-order valence-electron chi connectivity index (χ3n) is 4.07. The zero-order valence-corrected chi connectivity index (χ0v) is 17.5. The number of ketones is 1. The summed E-state index contributed by atoms with van der Waals surface area (Å²) < 4.78 is 7.79. The van der Waals surface area contributed by atoms with Gasteiger partial charge in [-0.1, -0.05) is 0 Å². The monoisotopic (exact) mass is 486 g/mol. The van der Waals surface area contributed by atoms with Crippen molar-refractivity contribution in [3.63, 3.8) is 0 Å². The molecular formula is C15H12Br2N4OS2. The van der Waals surface area contributed by atoms with Crippen molar-refractivity contribution in [2.24, 2.45) is 0 Å². The third-order valence-corrected chi connectivity index (χ3v) is 7.19. The zero-order chi connectivity index (χ0) is 17.0. The van der Waals surface area contributed by atoms with Crippen LogP contribution in [0.5, 0.6) is 0 Å². The molecule has 4 rings (SSSR count). The Labute approximate surface area is 162 Å². The molecule has 4 aromatic heterocycles. The Hall–Kier alpha value is -1.03. The van der Waals surface area contributed by atoms with Crippen LogP contribution in [-0.4, -0.2) is 25.3 Å². The molecule has 0 saturated heterocycles. The van der Waals surface area contributed by atoms with Crippen molar-refractivity contribution in [3.8, 4) is 0 Å². The molecule has 0 saturated carbocycles. The van der Waals surface area contributed by atoms with E-state index in [-0.39, 0.29) is 17.9 Å². The molecule has 9 heteroatoms.